The molecule has 1 unspecified atom stereocenters. The minimum Gasteiger partial charge on any atom is -0.462 e. The number of esters is 3. The zero-order valence-electron chi connectivity index (χ0n) is 42.1. The minimum atomic E-state index is -0.777. The molecule has 0 amide bonds. The third kappa shape index (κ3) is 50.5. The van der Waals surface area contributed by atoms with Crippen molar-refractivity contribution in [3.63, 3.8) is 0 Å². The van der Waals surface area contributed by atoms with Crippen LogP contribution < -0.4 is 0 Å². The van der Waals surface area contributed by atoms with E-state index in [1.54, 1.807) is 0 Å². The predicted octanol–water partition coefficient (Wildman–Crippen LogP) is 18.1. The second-order valence-corrected chi connectivity index (χ2v) is 18.5. The maximum absolute atomic E-state index is 12.8. The first-order valence-corrected chi connectivity index (χ1v) is 27.5. The molecule has 0 heterocycles. The molecular formula is C57H104O6. The molecule has 0 spiro atoms. The van der Waals surface area contributed by atoms with Gasteiger partial charge < -0.3 is 14.2 Å². The van der Waals surface area contributed by atoms with Gasteiger partial charge in [0, 0.05) is 19.3 Å². The van der Waals surface area contributed by atoms with E-state index in [1.165, 1.54) is 186 Å². The molecule has 0 aliphatic carbocycles. The molecule has 63 heavy (non-hydrogen) atoms. The topological polar surface area (TPSA) is 78.9 Å². The van der Waals surface area contributed by atoms with Crippen LogP contribution in [0.1, 0.15) is 290 Å². The molecule has 0 saturated carbocycles. The van der Waals surface area contributed by atoms with Crippen molar-refractivity contribution < 1.29 is 28.6 Å². The number of allylic oxidation sites excluding steroid dienone is 6. The van der Waals surface area contributed by atoms with Crippen molar-refractivity contribution in [1.82, 2.24) is 0 Å². The van der Waals surface area contributed by atoms with Gasteiger partial charge in [-0.2, -0.15) is 0 Å². The Hall–Kier alpha value is -2.37. The molecular weight excluding hydrogens is 781 g/mol. The number of carbonyl (C=O) groups excluding carboxylic acids is 3. The van der Waals surface area contributed by atoms with E-state index in [0.717, 1.165) is 64.2 Å². The lowest BCUT2D eigenvalue weighted by molar-refractivity contribution is -0.167. The first-order chi connectivity index (χ1) is 31.0. The average molecular weight is 885 g/mol. The van der Waals surface area contributed by atoms with Crippen molar-refractivity contribution in [3.8, 4) is 0 Å². The van der Waals surface area contributed by atoms with E-state index >= 15 is 0 Å². The second kappa shape index (κ2) is 52.3. The summed E-state index contributed by atoms with van der Waals surface area (Å²) in [7, 11) is 0. The molecule has 0 radical (unpaired) electrons. The summed E-state index contributed by atoms with van der Waals surface area (Å²) in [5.74, 6) is -0.884. The number of hydrogen-bond donors (Lipinski definition) is 0. The predicted molar refractivity (Wildman–Crippen MR) is 270 cm³/mol. The Labute approximate surface area is 391 Å². The molecule has 0 aromatic heterocycles. The SMILES string of the molecule is CCCC/C=C\CCCCCCCC(=O)OCC(COC(=O)CCCCCCCCC/C=C\CCCCCCCC)OC(=O)CCCCCCCCC/C=C\CCCCCCCC. The summed E-state index contributed by atoms with van der Waals surface area (Å²) in [4.78, 5) is 38.0. The van der Waals surface area contributed by atoms with Crippen molar-refractivity contribution in [2.24, 2.45) is 0 Å². The highest BCUT2D eigenvalue weighted by Crippen LogP contribution is 2.15. The maximum Gasteiger partial charge on any atom is 0.306 e. The van der Waals surface area contributed by atoms with Crippen LogP contribution >= 0.6 is 0 Å². The van der Waals surface area contributed by atoms with Crippen LogP contribution in [0, 0.1) is 0 Å². The first kappa shape index (κ1) is 60.6. The standard InChI is InChI=1S/C57H104O6/c1-4-7-10-13-16-19-22-24-26-28-30-32-35-38-41-44-47-50-56(59)62-53-54(52-61-55(58)49-46-43-40-37-34-21-18-15-12-9-6-3)63-57(60)51-48-45-42-39-36-33-31-29-27-25-23-20-17-14-11-8-5-2/h15,18,24-27,54H,4-14,16-17,19-23,28-53H2,1-3H3/b18-15-,26-24-,27-25-. The Morgan fingerprint density at radius 2 is 0.540 bits per heavy atom. The van der Waals surface area contributed by atoms with Gasteiger partial charge in [0.1, 0.15) is 13.2 Å². The van der Waals surface area contributed by atoms with E-state index < -0.39 is 6.10 Å². The third-order valence-electron chi connectivity index (χ3n) is 12.1. The lowest BCUT2D eigenvalue weighted by Gasteiger charge is -2.18. The highest BCUT2D eigenvalue weighted by Gasteiger charge is 2.19. The van der Waals surface area contributed by atoms with Crippen molar-refractivity contribution in [3.05, 3.63) is 36.5 Å². The molecule has 0 saturated heterocycles. The smallest absolute Gasteiger partial charge is 0.306 e. The van der Waals surface area contributed by atoms with Gasteiger partial charge in [-0.25, -0.2) is 0 Å². The minimum absolute atomic E-state index is 0.0770. The fraction of sp³-hybridized carbons (Fsp3) is 0.842. The summed E-state index contributed by atoms with van der Waals surface area (Å²) >= 11 is 0. The highest BCUT2D eigenvalue weighted by atomic mass is 16.6. The Bertz CT molecular complexity index is 1060. The Morgan fingerprint density at radius 1 is 0.302 bits per heavy atom. The number of ether oxygens (including phenoxy) is 3. The summed E-state index contributed by atoms with van der Waals surface area (Å²) in [6, 6.07) is 0. The Morgan fingerprint density at radius 3 is 0.841 bits per heavy atom. The van der Waals surface area contributed by atoms with E-state index in [9.17, 15) is 14.4 Å². The Kier molecular flexibility index (Phi) is 50.3. The van der Waals surface area contributed by atoms with Crippen LogP contribution in [0.2, 0.25) is 0 Å². The summed E-state index contributed by atoms with van der Waals surface area (Å²) in [5.41, 5.74) is 0. The molecule has 0 rings (SSSR count). The molecule has 1 atom stereocenters. The molecule has 6 nitrogen and oxygen atoms in total. The van der Waals surface area contributed by atoms with Crippen LogP contribution in [0.4, 0.5) is 0 Å². The van der Waals surface area contributed by atoms with Gasteiger partial charge in [-0.15, -0.1) is 0 Å². The molecule has 0 bridgehead atoms. The first-order valence-electron chi connectivity index (χ1n) is 27.5. The average Bonchev–Trinajstić information content (AvgIpc) is 3.28. The van der Waals surface area contributed by atoms with Gasteiger partial charge >= 0.3 is 17.9 Å². The van der Waals surface area contributed by atoms with E-state index in [4.69, 9.17) is 14.2 Å². The molecule has 0 aliphatic heterocycles. The quantitative estimate of drug-likeness (QED) is 0.0262. The monoisotopic (exact) mass is 885 g/mol. The number of hydrogen-bond acceptors (Lipinski definition) is 6. The number of carbonyl (C=O) groups is 3. The van der Waals surface area contributed by atoms with Crippen molar-refractivity contribution in [1.29, 1.82) is 0 Å². The fourth-order valence-electron chi connectivity index (χ4n) is 7.88. The summed E-state index contributed by atoms with van der Waals surface area (Å²) in [6.07, 6.45) is 61.3. The normalized spacial score (nSPS) is 12.2. The zero-order valence-corrected chi connectivity index (χ0v) is 42.1. The third-order valence-corrected chi connectivity index (χ3v) is 12.1. The van der Waals surface area contributed by atoms with Gasteiger partial charge in [-0.05, 0) is 89.9 Å². The highest BCUT2D eigenvalue weighted by molar-refractivity contribution is 5.71. The molecule has 6 heteroatoms. The second-order valence-electron chi connectivity index (χ2n) is 18.5. The zero-order chi connectivity index (χ0) is 45.8. The molecule has 0 aliphatic rings. The van der Waals surface area contributed by atoms with E-state index in [1.807, 2.05) is 0 Å². The summed E-state index contributed by atoms with van der Waals surface area (Å²) in [5, 5.41) is 0. The van der Waals surface area contributed by atoms with Gasteiger partial charge in [-0.3, -0.25) is 14.4 Å². The van der Waals surface area contributed by atoms with Crippen molar-refractivity contribution in [2.45, 2.75) is 297 Å². The van der Waals surface area contributed by atoms with Crippen LogP contribution in [0.15, 0.2) is 36.5 Å². The van der Waals surface area contributed by atoms with Gasteiger partial charge in [0.05, 0.1) is 0 Å². The van der Waals surface area contributed by atoms with Crippen molar-refractivity contribution in [2.75, 3.05) is 13.2 Å². The van der Waals surface area contributed by atoms with Crippen LogP contribution in [-0.4, -0.2) is 37.2 Å². The van der Waals surface area contributed by atoms with Crippen LogP contribution in [0.5, 0.6) is 0 Å². The molecule has 0 N–H and O–H groups in total. The number of unbranched alkanes of at least 4 members (excludes halogenated alkanes) is 33. The van der Waals surface area contributed by atoms with E-state index in [-0.39, 0.29) is 31.1 Å². The lowest BCUT2D eigenvalue weighted by Crippen LogP contribution is -2.30. The van der Waals surface area contributed by atoms with Crippen LogP contribution in [0.25, 0.3) is 0 Å². The molecule has 0 aromatic rings. The number of rotatable bonds is 50. The summed E-state index contributed by atoms with van der Waals surface area (Å²) < 4.78 is 16.8. The lowest BCUT2D eigenvalue weighted by atomic mass is 10.1. The molecule has 0 fully saturated rings. The fourth-order valence-corrected chi connectivity index (χ4v) is 7.88. The van der Waals surface area contributed by atoms with E-state index in [0.29, 0.717) is 19.3 Å². The van der Waals surface area contributed by atoms with Gasteiger partial charge in [-0.1, -0.05) is 218 Å². The largest absolute Gasteiger partial charge is 0.462 e. The van der Waals surface area contributed by atoms with Gasteiger partial charge in [0.2, 0.25) is 0 Å². The van der Waals surface area contributed by atoms with E-state index in [2.05, 4.69) is 57.2 Å². The van der Waals surface area contributed by atoms with Gasteiger partial charge in [0.15, 0.2) is 6.10 Å². The van der Waals surface area contributed by atoms with Crippen LogP contribution in [-0.2, 0) is 28.6 Å². The summed E-state index contributed by atoms with van der Waals surface area (Å²) in [6.45, 7) is 6.60. The van der Waals surface area contributed by atoms with Gasteiger partial charge in [0.25, 0.3) is 0 Å². The molecule has 368 valence electrons. The Balaban J connectivity index is 4.34. The molecule has 0 aromatic carbocycles. The van der Waals surface area contributed by atoms with Crippen molar-refractivity contribution >= 4 is 17.9 Å². The van der Waals surface area contributed by atoms with Crippen LogP contribution in [0.3, 0.4) is 0 Å². The maximum atomic E-state index is 12.8.